The van der Waals surface area contributed by atoms with Gasteiger partial charge in [0.2, 0.25) is 5.91 Å². The molecule has 0 spiro atoms. The smallest absolute Gasteiger partial charge is 0.293 e. The van der Waals surface area contributed by atoms with E-state index in [9.17, 15) is 9.59 Å². The minimum Gasteiger partial charge on any atom is -0.324 e. The van der Waals surface area contributed by atoms with Crippen LogP contribution in [0.15, 0.2) is 53.5 Å². The molecule has 5 rings (SSSR count). The number of nitrogens with one attached hydrogen (secondary N) is 1. The molecule has 0 unspecified atom stereocenters. The third-order valence-corrected chi connectivity index (χ3v) is 5.91. The highest BCUT2D eigenvalue weighted by Crippen LogP contribution is 2.41. The summed E-state index contributed by atoms with van der Waals surface area (Å²) in [6.45, 7) is 5.81. The highest BCUT2D eigenvalue weighted by Gasteiger charge is 2.30. The summed E-state index contributed by atoms with van der Waals surface area (Å²) in [6.07, 6.45) is 3.78. The number of carbonyl (C=O) groups excluding carboxylic acids is 1. The van der Waals surface area contributed by atoms with Crippen LogP contribution in [0.1, 0.15) is 41.1 Å². The lowest BCUT2D eigenvalue weighted by atomic mass is 10.1. The number of hydrogen-bond donors (Lipinski definition) is 1. The third kappa shape index (κ3) is 3.60. The molecule has 1 aliphatic carbocycles. The van der Waals surface area contributed by atoms with E-state index in [-0.39, 0.29) is 18.0 Å². The molecule has 0 atom stereocenters. The van der Waals surface area contributed by atoms with Gasteiger partial charge in [-0.25, -0.2) is 9.36 Å². The van der Waals surface area contributed by atoms with Gasteiger partial charge in [-0.2, -0.15) is 10.2 Å². The van der Waals surface area contributed by atoms with Crippen molar-refractivity contribution < 1.29 is 4.79 Å². The standard InChI is InChI=1S/C25H25N5O2/c1-15-11-16(2)22(17(3)12-15)27-21(31)14-29-25(32)24-20(23(28-29)18-9-10-18)13-26-30(24)19-7-5-4-6-8-19/h4-8,11-13,18H,9-10,14H2,1-3H3,(H,27,31). The molecule has 2 aromatic heterocycles. The lowest BCUT2D eigenvalue weighted by Crippen LogP contribution is -2.31. The van der Waals surface area contributed by atoms with E-state index in [2.05, 4.69) is 15.5 Å². The molecule has 2 heterocycles. The van der Waals surface area contributed by atoms with Gasteiger partial charge in [0.05, 0.1) is 17.6 Å². The minimum absolute atomic E-state index is 0.152. The number of nitrogens with zero attached hydrogens (tertiary/aromatic N) is 4. The Balaban J connectivity index is 1.55. The van der Waals surface area contributed by atoms with Crippen LogP contribution in [-0.2, 0) is 11.3 Å². The summed E-state index contributed by atoms with van der Waals surface area (Å²) in [4.78, 5) is 26.3. The first-order valence-electron chi connectivity index (χ1n) is 10.8. The zero-order valence-electron chi connectivity index (χ0n) is 18.4. The van der Waals surface area contributed by atoms with E-state index in [1.54, 1.807) is 10.9 Å². The zero-order chi connectivity index (χ0) is 22.4. The third-order valence-electron chi connectivity index (χ3n) is 5.91. The van der Waals surface area contributed by atoms with Crippen molar-refractivity contribution in [1.82, 2.24) is 19.6 Å². The van der Waals surface area contributed by atoms with Gasteiger partial charge in [0, 0.05) is 17.0 Å². The molecular formula is C25H25N5O2. The van der Waals surface area contributed by atoms with Crippen LogP contribution in [0, 0.1) is 20.8 Å². The number of amides is 1. The first-order valence-corrected chi connectivity index (χ1v) is 10.8. The second kappa shape index (κ2) is 7.75. The maximum absolute atomic E-state index is 13.4. The Bertz CT molecular complexity index is 1370. The molecule has 0 radical (unpaired) electrons. The van der Waals surface area contributed by atoms with E-state index in [0.29, 0.717) is 11.4 Å². The van der Waals surface area contributed by atoms with Gasteiger partial charge >= 0.3 is 0 Å². The average molecular weight is 428 g/mol. The molecule has 1 aliphatic rings. The second-order valence-corrected chi connectivity index (χ2v) is 8.60. The molecular weight excluding hydrogens is 402 g/mol. The van der Waals surface area contributed by atoms with Crippen molar-refractivity contribution in [3.8, 4) is 5.69 Å². The zero-order valence-corrected chi connectivity index (χ0v) is 18.4. The second-order valence-electron chi connectivity index (χ2n) is 8.60. The van der Waals surface area contributed by atoms with E-state index in [4.69, 9.17) is 0 Å². The van der Waals surface area contributed by atoms with Gasteiger partial charge in [-0.05, 0) is 56.9 Å². The fraction of sp³-hybridized carbons (Fsp3) is 0.280. The monoisotopic (exact) mass is 427 g/mol. The SMILES string of the molecule is Cc1cc(C)c(NC(=O)Cn2nc(C3CC3)c3cnn(-c4ccccc4)c3c2=O)c(C)c1. The summed E-state index contributed by atoms with van der Waals surface area (Å²) < 4.78 is 2.93. The number of aromatic nitrogens is 4. The van der Waals surface area contributed by atoms with Crippen LogP contribution < -0.4 is 10.9 Å². The molecule has 1 amide bonds. The molecule has 4 aromatic rings. The summed E-state index contributed by atoms with van der Waals surface area (Å²) in [6, 6.07) is 13.6. The Morgan fingerprint density at radius 2 is 1.78 bits per heavy atom. The van der Waals surface area contributed by atoms with E-state index in [1.807, 2.05) is 63.2 Å². The number of aryl methyl sites for hydroxylation is 3. The van der Waals surface area contributed by atoms with Crippen molar-refractivity contribution in [2.24, 2.45) is 0 Å². The Morgan fingerprint density at radius 3 is 2.44 bits per heavy atom. The number of fused-ring (bicyclic) bond motifs is 1. The Morgan fingerprint density at radius 1 is 1.09 bits per heavy atom. The molecule has 0 saturated heterocycles. The molecule has 1 fully saturated rings. The van der Waals surface area contributed by atoms with Crippen LogP contribution in [0.3, 0.4) is 0 Å². The van der Waals surface area contributed by atoms with Crippen molar-refractivity contribution >= 4 is 22.5 Å². The lowest BCUT2D eigenvalue weighted by molar-refractivity contribution is -0.117. The molecule has 2 aromatic carbocycles. The summed E-state index contributed by atoms with van der Waals surface area (Å²) in [5, 5.41) is 12.8. The summed E-state index contributed by atoms with van der Waals surface area (Å²) in [5.41, 5.74) is 5.70. The molecule has 7 heteroatoms. The predicted molar refractivity (Wildman–Crippen MR) is 124 cm³/mol. The molecule has 1 saturated carbocycles. The minimum atomic E-state index is -0.321. The Hall–Kier alpha value is -3.74. The van der Waals surface area contributed by atoms with E-state index in [1.165, 1.54) is 4.68 Å². The molecule has 0 bridgehead atoms. The lowest BCUT2D eigenvalue weighted by Gasteiger charge is -2.14. The summed E-state index contributed by atoms with van der Waals surface area (Å²) in [7, 11) is 0. The van der Waals surface area contributed by atoms with Gasteiger partial charge in [-0.1, -0.05) is 35.9 Å². The number of benzene rings is 2. The maximum Gasteiger partial charge on any atom is 0.293 e. The topological polar surface area (TPSA) is 81.8 Å². The average Bonchev–Trinajstić information content (AvgIpc) is 3.51. The quantitative estimate of drug-likeness (QED) is 0.521. The highest BCUT2D eigenvalue weighted by atomic mass is 16.2. The van der Waals surface area contributed by atoms with Gasteiger partial charge < -0.3 is 5.32 Å². The predicted octanol–water partition coefficient (Wildman–Crippen LogP) is 4.02. The molecule has 1 N–H and O–H groups in total. The molecule has 32 heavy (non-hydrogen) atoms. The number of hydrogen-bond acceptors (Lipinski definition) is 4. The first kappa shape index (κ1) is 20.2. The number of carbonyl (C=O) groups is 1. The van der Waals surface area contributed by atoms with Crippen LogP contribution in [0.5, 0.6) is 0 Å². The van der Waals surface area contributed by atoms with Crippen molar-refractivity contribution in [2.75, 3.05) is 5.32 Å². The van der Waals surface area contributed by atoms with E-state index < -0.39 is 0 Å². The van der Waals surface area contributed by atoms with Crippen LogP contribution in [-0.4, -0.2) is 25.5 Å². The molecule has 162 valence electrons. The van der Waals surface area contributed by atoms with Gasteiger partial charge in [0.15, 0.2) is 0 Å². The van der Waals surface area contributed by atoms with Crippen LogP contribution in [0.4, 0.5) is 5.69 Å². The number of rotatable bonds is 5. The Kier molecular flexibility index (Phi) is 4.89. The van der Waals surface area contributed by atoms with Gasteiger partial charge in [-0.3, -0.25) is 9.59 Å². The number of anilines is 1. The van der Waals surface area contributed by atoms with Crippen molar-refractivity contribution in [1.29, 1.82) is 0 Å². The Labute approximate surface area is 185 Å². The number of para-hydroxylation sites is 1. The normalized spacial score (nSPS) is 13.5. The summed E-state index contributed by atoms with van der Waals surface area (Å²) in [5.74, 6) is 0.0314. The van der Waals surface area contributed by atoms with Crippen LogP contribution in [0.25, 0.3) is 16.6 Å². The van der Waals surface area contributed by atoms with E-state index >= 15 is 0 Å². The molecule has 0 aliphatic heterocycles. The van der Waals surface area contributed by atoms with Crippen molar-refractivity contribution in [3.63, 3.8) is 0 Å². The molecule has 7 nitrogen and oxygen atoms in total. The first-order chi connectivity index (χ1) is 15.4. The maximum atomic E-state index is 13.4. The largest absolute Gasteiger partial charge is 0.324 e. The fourth-order valence-corrected chi connectivity index (χ4v) is 4.32. The van der Waals surface area contributed by atoms with Crippen LogP contribution >= 0.6 is 0 Å². The van der Waals surface area contributed by atoms with Gasteiger partial charge in [0.25, 0.3) is 5.56 Å². The van der Waals surface area contributed by atoms with Crippen molar-refractivity contribution in [3.05, 3.63) is 81.4 Å². The van der Waals surface area contributed by atoms with Gasteiger partial charge in [-0.15, -0.1) is 0 Å². The van der Waals surface area contributed by atoms with Crippen LogP contribution in [0.2, 0.25) is 0 Å². The highest BCUT2D eigenvalue weighted by molar-refractivity contribution is 5.92. The van der Waals surface area contributed by atoms with E-state index in [0.717, 1.165) is 52.0 Å². The van der Waals surface area contributed by atoms with Gasteiger partial charge in [0.1, 0.15) is 12.1 Å². The fourth-order valence-electron chi connectivity index (χ4n) is 4.32. The summed E-state index contributed by atoms with van der Waals surface area (Å²) >= 11 is 0. The van der Waals surface area contributed by atoms with Crippen molar-refractivity contribution in [2.45, 2.75) is 46.1 Å².